The van der Waals surface area contributed by atoms with E-state index >= 15 is 4.39 Å². The van der Waals surface area contributed by atoms with Gasteiger partial charge in [-0.1, -0.05) is 44.0 Å². The first-order valence-corrected chi connectivity index (χ1v) is 12.3. The van der Waals surface area contributed by atoms with Crippen molar-refractivity contribution in [2.45, 2.75) is 70.6 Å². The summed E-state index contributed by atoms with van der Waals surface area (Å²) in [4.78, 5) is 12.6. The summed E-state index contributed by atoms with van der Waals surface area (Å²) in [5.41, 5.74) is 2.20. The lowest BCUT2D eigenvalue weighted by Crippen LogP contribution is -2.30. The predicted octanol–water partition coefficient (Wildman–Crippen LogP) is 7.87. The molecule has 0 heterocycles. The second-order valence-electron chi connectivity index (χ2n) is 9.71. The maximum Gasteiger partial charge on any atom is 0.343 e. The Kier molecular flexibility index (Phi) is 7.44. The molecule has 3 heteroatoms. The van der Waals surface area contributed by atoms with Crippen molar-refractivity contribution in [1.82, 2.24) is 0 Å². The number of hydrogen-bond acceptors (Lipinski definition) is 2. The zero-order chi connectivity index (χ0) is 22.5. The lowest BCUT2D eigenvalue weighted by atomic mass is 9.63. The van der Waals surface area contributed by atoms with Gasteiger partial charge in [-0.25, -0.2) is 9.18 Å². The van der Waals surface area contributed by atoms with E-state index in [-0.39, 0.29) is 17.3 Å². The monoisotopic (exact) mass is 434 g/mol. The van der Waals surface area contributed by atoms with E-state index in [9.17, 15) is 4.79 Å². The molecular formula is C29H35FO2. The van der Waals surface area contributed by atoms with Crippen molar-refractivity contribution in [3.63, 3.8) is 0 Å². The molecule has 0 aromatic heterocycles. The predicted molar refractivity (Wildman–Crippen MR) is 128 cm³/mol. The summed E-state index contributed by atoms with van der Waals surface area (Å²) in [6, 6.07) is 12.3. The van der Waals surface area contributed by atoms with Crippen LogP contribution in [-0.4, -0.2) is 5.97 Å². The van der Waals surface area contributed by atoms with Crippen LogP contribution in [0.4, 0.5) is 4.39 Å². The fraction of sp³-hybridized carbons (Fsp3) is 0.483. The second-order valence-corrected chi connectivity index (χ2v) is 9.71. The lowest BCUT2D eigenvalue weighted by molar-refractivity contribution is 0.0734. The van der Waals surface area contributed by atoms with Crippen molar-refractivity contribution in [2.24, 2.45) is 17.8 Å². The van der Waals surface area contributed by atoms with Crippen LogP contribution in [0.2, 0.25) is 0 Å². The Hall–Kier alpha value is -2.42. The molecule has 2 nitrogen and oxygen atoms in total. The number of aryl methyl sites for hydroxylation is 1. The van der Waals surface area contributed by atoms with Gasteiger partial charge in [-0.3, -0.25) is 0 Å². The molecule has 0 bridgehead atoms. The number of allylic oxidation sites excluding steroid dienone is 1. The van der Waals surface area contributed by atoms with Crippen LogP contribution in [0.3, 0.4) is 0 Å². The van der Waals surface area contributed by atoms with Crippen molar-refractivity contribution >= 4 is 5.97 Å². The van der Waals surface area contributed by atoms with Gasteiger partial charge >= 0.3 is 5.97 Å². The number of hydrogen-bond donors (Lipinski definition) is 0. The van der Waals surface area contributed by atoms with Crippen LogP contribution >= 0.6 is 0 Å². The molecule has 4 atom stereocenters. The van der Waals surface area contributed by atoms with E-state index in [1.165, 1.54) is 38.2 Å². The molecule has 32 heavy (non-hydrogen) atoms. The van der Waals surface area contributed by atoms with Crippen LogP contribution in [0.25, 0.3) is 0 Å². The minimum atomic E-state index is -0.518. The van der Waals surface area contributed by atoms with Gasteiger partial charge < -0.3 is 4.74 Å². The first-order valence-electron chi connectivity index (χ1n) is 12.3. The molecule has 0 aliphatic heterocycles. The van der Waals surface area contributed by atoms with Crippen molar-refractivity contribution < 1.29 is 13.9 Å². The third-order valence-corrected chi connectivity index (χ3v) is 7.75. The van der Waals surface area contributed by atoms with Gasteiger partial charge in [0.05, 0.1) is 5.56 Å². The zero-order valence-corrected chi connectivity index (χ0v) is 19.2. The van der Waals surface area contributed by atoms with Crippen molar-refractivity contribution in [2.75, 3.05) is 0 Å². The van der Waals surface area contributed by atoms with Gasteiger partial charge in [0.2, 0.25) is 0 Å². The molecule has 0 radical (unpaired) electrons. The lowest BCUT2D eigenvalue weighted by Gasteiger charge is -2.42. The van der Waals surface area contributed by atoms with E-state index in [4.69, 9.17) is 4.74 Å². The number of benzene rings is 2. The fourth-order valence-corrected chi connectivity index (χ4v) is 5.78. The molecule has 2 aromatic carbocycles. The van der Waals surface area contributed by atoms with Gasteiger partial charge in [0.15, 0.2) is 0 Å². The number of rotatable bonds is 7. The maximum atomic E-state index is 15.0. The first kappa shape index (κ1) is 22.8. The quantitative estimate of drug-likeness (QED) is 0.252. The summed E-state index contributed by atoms with van der Waals surface area (Å²) in [6.45, 7) is 6.04. The standard InChI is InChI=1S/C29H35FO2/c1-3-5-6-21-8-14-26(15-9-21)32-29(31)25-13-16-27(28(30)19-25)24-12-11-22-17-20(4-2)7-10-23(22)18-24/h3,8-9,13-16,19-20,22-24H,1,4-7,10-12,17-18H2,2H3. The van der Waals surface area contributed by atoms with Gasteiger partial charge in [0.1, 0.15) is 11.6 Å². The number of carbonyl (C=O) groups excluding carboxylic acids is 1. The van der Waals surface area contributed by atoms with E-state index in [2.05, 4.69) is 13.5 Å². The summed E-state index contributed by atoms with van der Waals surface area (Å²) in [6.07, 6.45) is 12.3. The third kappa shape index (κ3) is 5.31. The van der Waals surface area contributed by atoms with Gasteiger partial charge in [0.25, 0.3) is 0 Å². The number of ether oxygens (including phenoxy) is 1. The van der Waals surface area contributed by atoms with Gasteiger partial charge in [-0.2, -0.15) is 0 Å². The smallest absolute Gasteiger partial charge is 0.343 e. The first-order chi connectivity index (χ1) is 15.6. The highest BCUT2D eigenvalue weighted by molar-refractivity contribution is 5.91. The average molecular weight is 435 g/mol. The highest BCUT2D eigenvalue weighted by atomic mass is 19.1. The molecule has 2 saturated carbocycles. The second kappa shape index (κ2) is 10.5. The Balaban J connectivity index is 1.38. The van der Waals surface area contributed by atoms with Crippen LogP contribution in [0.1, 0.15) is 85.7 Å². The van der Waals surface area contributed by atoms with Crippen molar-refractivity contribution in [3.8, 4) is 5.75 Å². The average Bonchev–Trinajstić information content (AvgIpc) is 2.82. The number of halogens is 1. The van der Waals surface area contributed by atoms with Crippen LogP contribution in [0.5, 0.6) is 5.75 Å². The molecule has 0 spiro atoms. The van der Waals surface area contributed by atoms with Crippen LogP contribution in [-0.2, 0) is 6.42 Å². The molecular weight excluding hydrogens is 399 g/mol. The van der Waals surface area contributed by atoms with E-state index in [0.29, 0.717) is 5.75 Å². The normalized spacial score (nSPS) is 25.1. The number of carbonyl (C=O) groups is 1. The summed E-state index contributed by atoms with van der Waals surface area (Å²) in [5.74, 6) is 2.39. The topological polar surface area (TPSA) is 26.3 Å². The highest BCUT2D eigenvalue weighted by Gasteiger charge is 2.36. The van der Waals surface area contributed by atoms with Crippen molar-refractivity contribution in [1.29, 1.82) is 0 Å². The SMILES string of the molecule is C=CCCc1ccc(OC(=O)c2ccc(C3CCC4CC(CC)CCC4C3)c(F)c2)cc1. The Morgan fingerprint density at radius 2 is 1.81 bits per heavy atom. The molecule has 170 valence electrons. The summed E-state index contributed by atoms with van der Waals surface area (Å²) in [5, 5.41) is 0. The molecule has 2 fully saturated rings. The highest BCUT2D eigenvalue weighted by Crippen LogP contribution is 2.48. The molecule has 2 aliphatic carbocycles. The minimum absolute atomic E-state index is 0.263. The Morgan fingerprint density at radius 1 is 1.06 bits per heavy atom. The Morgan fingerprint density at radius 3 is 2.53 bits per heavy atom. The van der Waals surface area contributed by atoms with Crippen LogP contribution < -0.4 is 4.74 Å². The largest absolute Gasteiger partial charge is 0.423 e. The number of esters is 1. The number of fused-ring (bicyclic) bond motifs is 1. The molecule has 2 aliphatic rings. The van der Waals surface area contributed by atoms with E-state index in [1.54, 1.807) is 18.2 Å². The molecule has 2 aromatic rings. The summed E-state index contributed by atoms with van der Waals surface area (Å²) in [7, 11) is 0. The van der Waals surface area contributed by atoms with Crippen molar-refractivity contribution in [3.05, 3.63) is 77.6 Å². The fourth-order valence-electron chi connectivity index (χ4n) is 5.78. The van der Waals surface area contributed by atoms with E-state index in [1.807, 2.05) is 24.3 Å². The zero-order valence-electron chi connectivity index (χ0n) is 19.2. The third-order valence-electron chi connectivity index (χ3n) is 7.75. The Bertz CT molecular complexity index is 933. The molecule has 0 saturated heterocycles. The molecule has 4 unspecified atom stereocenters. The molecule has 0 amide bonds. The van der Waals surface area contributed by atoms with Gasteiger partial charge in [-0.05, 0) is 104 Å². The molecule has 0 N–H and O–H groups in total. The summed E-state index contributed by atoms with van der Waals surface area (Å²) >= 11 is 0. The van der Waals surface area contributed by atoms with E-state index < -0.39 is 5.97 Å². The van der Waals surface area contributed by atoms with Gasteiger partial charge in [0, 0.05) is 0 Å². The maximum absolute atomic E-state index is 15.0. The Labute approximate surface area is 191 Å². The minimum Gasteiger partial charge on any atom is -0.423 e. The van der Waals surface area contributed by atoms with Crippen LogP contribution in [0.15, 0.2) is 55.1 Å². The summed E-state index contributed by atoms with van der Waals surface area (Å²) < 4.78 is 20.5. The molecule has 4 rings (SSSR count). The van der Waals surface area contributed by atoms with Crippen LogP contribution in [0, 0.1) is 23.6 Å². The van der Waals surface area contributed by atoms with Gasteiger partial charge in [-0.15, -0.1) is 6.58 Å². The van der Waals surface area contributed by atoms with E-state index in [0.717, 1.165) is 54.6 Å².